The molecule has 0 radical (unpaired) electrons. The number of hydrogen-bond acceptors (Lipinski definition) is 3. The highest BCUT2D eigenvalue weighted by molar-refractivity contribution is 6.03. The van der Waals surface area contributed by atoms with Gasteiger partial charge in [0.25, 0.3) is 0 Å². The fourth-order valence-electron chi connectivity index (χ4n) is 3.13. The van der Waals surface area contributed by atoms with Gasteiger partial charge in [0, 0.05) is 11.4 Å². The van der Waals surface area contributed by atoms with E-state index in [0.29, 0.717) is 12.1 Å². The number of rotatable bonds is 6. The Bertz CT molecular complexity index is 823. The van der Waals surface area contributed by atoms with Crippen molar-refractivity contribution in [2.24, 2.45) is 11.8 Å². The molecule has 1 fully saturated rings. The fourth-order valence-corrected chi connectivity index (χ4v) is 3.13. The normalized spacial score (nSPS) is 18.1. The molecule has 0 bridgehead atoms. The highest BCUT2D eigenvalue weighted by Gasteiger charge is 2.48. The number of ether oxygens (including phenoxy) is 1. The van der Waals surface area contributed by atoms with Crippen LogP contribution in [0.1, 0.15) is 31.4 Å². The quantitative estimate of drug-likeness (QED) is 0.801. The Hall–Kier alpha value is -2.82. The van der Waals surface area contributed by atoms with E-state index in [1.807, 2.05) is 70.2 Å². The van der Waals surface area contributed by atoms with E-state index in [1.165, 1.54) is 0 Å². The minimum Gasteiger partial charge on any atom is -0.491 e. The van der Waals surface area contributed by atoms with Gasteiger partial charge in [-0.15, -0.1) is 0 Å². The number of para-hydroxylation sites is 1. The highest BCUT2D eigenvalue weighted by atomic mass is 16.5. The summed E-state index contributed by atoms with van der Waals surface area (Å²) in [5, 5.41) is 5.86. The minimum atomic E-state index is -0.277. The van der Waals surface area contributed by atoms with E-state index in [-0.39, 0.29) is 29.8 Å². The van der Waals surface area contributed by atoms with Gasteiger partial charge in [0.05, 0.1) is 17.9 Å². The molecule has 5 nitrogen and oxygen atoms in total. The predicted octanol–water partition coefficient (Wildman–Crippen LogP) is 4.30. The van der Waals surface area contributed by atoms with E-state index in [2.05, 4.69) is 10.6 Å². The molecule has 27 heavy (non-hydrogen) atoms. The van der Waals surface area contributed by atoms with E-state index in [1.54, 1.807) is 0 Å². The molecule has 2 N–H and O–H groups in total. The molecular formula is C22H26N2O3. The molecule has 2 aromatic carbocycles. The lowest BCUT2D eigenvalue weighted by Crippen LogP contribution is -2.21. The number of hydrogen-bond donors (Lipinski definition) is 2. The molecule has 1 aliphatic carbocycles. The van der Waals surface area contributed by atoms with Crippen molar-refractivity contribution >= 4 is 23.2 Å². The zero-order valence-electron chi connectivity index (χ0n) is 16.2. The molecule has 2 unspecified atom stereocenters. The van der Waals surface area contributed by atoms with Crippen molar-refractivity contribution < 1.29 is 14.3 Å². The first-order chi connectivity index (χ1) is 12.8. The maximum Gasteiger partial charge on any atom is 0.228 e. The number of benzene rings is 2. The van der Waals surface area contributed by atoms with Gasteiger partial charge in [-0.25, -0.2) is 0 Å². The van der Waals surface area contributed by atoms with Crippen molar-refractivity contribution in [1.29, 1.82) is 0 Å². The van der Waals surface area contributed by atoms with E-state index in [0.717, 1.165) is 22.6 Å². The van der Waals surface area contributed by atoms with Crippen LogP contribution in [-0.2, 0) is 9.59 Å². The van der Waals surface area contributed by atoms with E-state index < -0.39 is 0 Å². The SMILES string of the molecule is Cc1cccc(C)c1NC(=O)C1CC1C(=O)Nc1ccc(OC(C)C)cc1. The maximum absolute atomic E-state index is 12.5. The second kappa shape index (κ2) is 7.82. The van der Waals surface area contributed by atoms with E-state index in [4.69, 9.17) is 4.74 Å². The van der Waals surface area contributed by atoms with Gasteiger partial charge in [-0.3, -0.25) is 9.59 Å². The molecule has 1 aliphatic rings. The lowest BCUT2D eigenvalue weighted by molar-refractivity contribution is -0.122. The lowest BCUT2D eigenvalue weighted by Gasteiger charge is -2.12. The molecule has 0 spiro atoms. The predicted molar refractivity (Wildman–Crippen MR) is 107 cm³/mol. The van der Waals surface area contributed by atoms with Crippen LogP contribution in [0.3, 0.4) is 0 Å². The van der Waals surface area contributed by atoms with Gasteiger partial charge in [0.1, 0.15) is 5.75 Å². The molecule has 0 aliphatic heterocycles. The Morgan fingerprint density at radius 1 is 0.926 bits per heavy atom. The van der Waals surface area contributed by atoms with Crippen LogP contribution < -0.4 is 15.4 Å². The molecule has 3 rings (SSSR count). The van der Waals surface area contributed by atoms with Crippen molar-refractivity contribution in [3.63, 3.8) is 0 Å². The molecule has 2 aromatic rings. The zero-order valence-corrected chi connectivity index (χ0v) is 16.2. The third-order valence-corrected chi connectivity index (χ3v) is 4.69. The number of carbonyl (C=O) groups is 2. The second-order valence-corrected chi connectivity index (χ2v) is 7.38. The van der Waals surface area contributed by atoms with Crippen molar-refractivity contribution in [2.75, 3.05) is 10.6 Å². The summed E-state index contributed by atoms with van der Waals surface area (Å²) >= 11 is 0. The third kappa shape index (κ3) is 4.67. The summed E-state index contributed by atoms with van der Waals surface area (Å²) in [4.78, 5) is 24.9. The third-order valence-electron chi connectivity index (χ3n) is 4.69. The first-order valence-corrected chi connectivity index (χ1v) is 9.30. The summed E-state index contributed by atoms with van der Waals surface area (Å²) in [6, 6.07) is 13.2. The maximum atomic E-state index is 12.5. The smallest absolute Gasteiger partial charge is 0.228 e. The number of amides is 2. The molecule has 1 saturated carbocycles. The van der Waals surface area contributed by atoms with Crippen LogP contribution in [0.15, 0.2) is 42.5 Å². The van der Waals surface area contributed by atoms with Crippen LogP contribution in [0.4, 0.5) is 11.4 Å². The van der Waals surface area contributed by atoms with Gasteiger partial charge >= 0.3 is 0 Å². The molecule has 2 atom stereocenters. The molecule has 2 amide bonds. The fraction of sp³-hybridized carbons (Fsp3) is 0.364. The van der Waals surface area contributed by atoms with Crippen molar-refractivity contribution in [2.45, 2.75) is 40.2 Å². The number of anilines is 2. The van der Waals surface area contributed by atoms with Gasteiger partial charge in [-0.05, 0) is 69.5 Å². The number of nitrogens with one attached hydrogen (secondary N) is 2. The summed E-state index contributed by atoms with van der Waals surface area (Å²) in [6.45, 7) is 7.86. The Balaban J connectivity index is 1.55. The Morgan fingerprint density at radius 3 is 2.04 bits per heavy atom. The summed E-state index contributed by atoms with van der Waals surface area (Å²) in [5.74, 6) is 0.0103. The lowest BCUT2D eigenvalue weighted by atomic mass is 10.1. The molecule has 0 heterocycles. The van der Waals surface area contributed by atoms with Crippen LogP contribution >= 0.6 is 0 Å². The number of carbonyl (C=O) groups excluding carboxylic acids is 2. The average Bonchev–Trinajstić information content (AvgIpc) is 3.40. The monoisotopic (exact) mass is 366 g/mol. The van der Waals surface area contributed by atoms with Crippen LogP contribution in [0.2, 0.25) is 0 Å². The topological polar surface area (TPSA) is 67.4 Å². The average molecular weight is 366 g/mol. The second-order valence-electron chi connectivity index (χ2n) is 7.38. The molecule has 142 valence electrons. The minimum absolute atomic E-state index is 0.0896. The highest BCUT2D eigenvalue weighted by Crippen LogP contribution is 2.40. The number of aryl methyl sites for hydroxylation is 2. The molecule has 0 saturated heterocycles. The first-order valence-electron chi connectivity index (χ1n) is 9.30. The van der Waals surface area contributed by atoms with Gasteiger partial charge < -0.3 is 15.4 Å². The van der Waals surface area contributed by atoms with Crippen molar-refractivity contribution in [1.82, 2.24) is 0 Å². The van der Waals surface area contributed by atoms with Crippen LogP contribution in [0, 0.1) is 25.7 Å². The summed E-state index contributed by atoms with van der Waals surface area (Å²) in [7, 11) is 0. The van der Waals surface area contributed by atoms with Gasteiger partial charge in [-0.1, -0.05) is 18.2 Å². The summed E-state index contributed by atoms with van der Waals surface area (Å²) in [5.41, 5.74) is 3.59. The van der Waals surface area contributed by atoms with Crippen LogP contribution in [0.25, 0.3) is 0 Å². The summed E-state index contributed by atoms with van der Waals surface area (Å²) in [6.07, 6.45) is 0.685. The van der Waals surface area contributed by atoms with Gasteiger partial charge in [0.15, 0.2) is 0 Å². The molecule has 0 aromatic heterocycles. The summed E-state index contributed by atoms with van der Waals surface area (Å²) < 4.78 is 5.59. The zero-order chi connectivity index (χ0) is 19.6. The van der Waals surface area contributed by atoms with E-state index in [9.17, 15) is 9.59 Å². The van der Waals surface area contributed by atoms with Crippen molar-refractivity contribution in [3.05, 3.63) is 53.6 Å². The van der Waals surface area contributed by atoms with Crippen molar-refractivity contribution in [3.8, 4) is 5.75 Å². The van der Waals surface area contributed by atoms with Gasteiger partial charge in [0.2, 0.25) is 11.8 Å². The van der Waals surface area contributed by atoms with Crippen LogP contribution in [-0.4, -0.2) is 17.9 Å². The Kier molecular flexibility index (Phi) is 5.49. The van der Waals surface area contributed by atoms with Gasteiger partial charge in [-0.2, -0.15) is 0 Å². The molecular weight excluding hydrogens is 340 g/mol. The Morgan fingerprint density at radius 2 is 1.48 bits per heavy atom. The largest absolute Gasteiger partial charge is 0.491 e. The van der Waals surface area contributed by atoms with E-state index >= 15 is 0 Å². The first kappa shape index (κ1) is 19.0. The Labute approximate surface area is 160 Å². The van der Waals surface area contributed by atoms with Crippen LogP contribution in [0.5, 0.6) is 5.75 Å². The standard InChI is InChI=1S/C22H26N2O3/c1-13(2)27-17-10-8-16(9-11-17)23-21(25)18-12-19(18)22(26)24-20-14(3)6-5-7-15(20)4/h5-11,13,18-19H,12H2,1-4H3,(H,23,25)(H,24,26). The molecule has 5 heteroatoms.